The number of amides is 1. The minimum Gasteiger partial charge on any atom is -0.508 e. The van der Waals surface area contributed by atoms with E-state index in [0.29, 0.717) is 11.4 Å². The number of nitrogens with zero attached hydrogens (tertiary/aromatic N) is 1. The lowest BCUT2D eigenvalue weighted by molar-refractivity contribution is 0.102. The average molecular weight is 266 g/mol. The SMILES string of the molecule is Cn1c(C(=O)Nc2cccc(O)c2)cc2ccccc21. The van der Waals surface area contributed by atoms with Gasteiger partial charge in [0.25, 0.3) is 5.91 Å². The van der Waals surface area contributed by atoms with Crippen molar-refractivity contribution >= 4 is 22.5 Å². The Hall–Kier alpha value is -2.75. The Kier molecular flexibility index (Phi) is 2.91. The summed E-state index contributed by atoms with van der Waals surface area (Å²) in [4.78, 5) is 12.3. The molecule has 0 radical (unpaired) electrons. The molecule has 0 aliphatic heterocycles. The summed E-state index contributed by atoms with van der Waals surface area (Å²) in [7, 11) is 1.86. The van der Waals surface area contributed by atoms with E-state index in [9.17, 15) is 9.90 Å². The molecule has 2 aromatic carbocycles. The number of aryl methyl sites for hydroxylation is 1. The quantitative estimate of drug-likeness (QED) is 0.748. The van der Waals surface area contributed by atoms with Gasteiger partial charge in [0.1, 0.15) is 11.4 Å². The maximum atomic E-state index is 12.3. The molecular weight excluding hydrogens is 252 g/mol. The maximum Gasteiger partial charge on any atom is 0.272 e. The van der Waals surface area contributed by atoms with Gasteiger partial charge in [0.15, 0.2) is 0 Å². The monoisotopic (exact) mass is 266 g/mol. The lowest BCUT2D eigenvalue weighted by Gasteiger charge is -2.06. The second-order valence-electron chi connectivity index (χ2n) is 4.65. The summed E-state index contributed by atoms with van der Waals surface area (Å²) < 4.78 is 1.85. The number of carbonyl (C=O) groups excluding carboxylic acids is 1. The van der Waals surface area contributed by atoms with Crippen LogP contribution in [0, 0.1) is 0 Å². The van der Waals surface area contributed by atoms with Crippen LogP contribution < -0.4 is 5.32 Å². The van der Waals surface area contributed by atoms with Crippen LogP contribution in [0.15, 0.2) is 54.6 Å². The Morgan fingerprint density at radius 2 is 1.90 bits per heavy atom. The van der Waals surface area contributed by atoms with Crippen molar-refractivity contribution in [3.63, 3.8) is 0 Å². The van der Waals surface area contributed by atoms with Gasteiger partial charge < -0.3 is 15.0 Å². The number of benzene rings is 2. The largest absolute Gasteiger partial charge is 0.508 e. The zero-order valence-corrected chi connectivity index (χ0v) is 11.0. The Labute approximate surface area is 116 Å². The summed E-state index contributed by atoms with van der Waals surface area (Å²) in [6, 6.07) is 16.2. The predicted octanol–water partition coefficient (Wildman–Crippen LogP) is 3.14. The van der Waals surface area contributed by atoms with E-state index in [0.717, 1.165) is 10.9 Å². The van der Waals surface area contributed by atoms with Crippen molar-refractivity contribution in [2.45, 2.75) is 0 Å². The number of para-hydroxylation sites is 1. The molecule has 0 saturated carbocycles. The molecule has 0 aliphatic rings. The highest BCUT2D eigenvalue weighted by Gasteiger charge is 2.13. The first-order valence-electron chi connectivity index (χ1n) is 6.30. The van der Waals surface area contributed by atoms with Crippen molar-refractivity contribution in [1.82, 2.24) is 4.57 Å². The summed E-state index contributed by atoms with van der Waals surface area (Å²) in [6.45, 7) is 0. The molecule has 1 aromatic heterocycles. The van der Waals surface area contributed by atoms with Crippen molar-refractivity contribution in [2.24, 2.45) is 7.05 Å². The number of rotatable bonds is 2. The first-order valence-corrected chi connectivity index (χ1v) is 6.30. The number of aromatic hydroxyl groups is 1. The molecule has 4 nitrogen and oxygen atoms in total. The van der Waals surface area contributed by atoms with Gasteiger partial charge in [-0.05, 0) is 24.3 Å². The second kappa shape index (κ2) is 4.74. The molecule has 0 fully saturated rings. The highest BCUT2D eigenvalue weighted by atomic mass is 16.3. The first-order chi connectivity index (χ1) is 9.65. The van der Waals surface area contributed by atoms with Crippen LogP contribution in [0.2, 0.25) is 0 Å². The Balaban J connectivity index is 1.95. The topological polar surface area (TPSA) is 54.3 Å². The number of fused-ring (bicyclic) bond motifs is 1. The third-order valence-electron chi connectivity index (χ3n) is 3.29. The molecule has 0 saturated heterocycles. The fourth-order valence-electron chi connectivity index (χ4n) is 2.29. The number of hydrogen-bond donors (Lipinski definition) is 2. The van der Waals surface area contributed by atoms with E-state index in [-0.39, 0.29) is 11.7 Å². The van der Waals surface area contributed by atoms with Crippen molar-refractivity contribution in [3.05, 3.63) is 60.3 Å². The molecule has 0 bridgehead atoms. The average Bonchev–Trinajstić information content (AvgIpc) is 2.77. The van der Waals surface area contributed by atoms with Gasteiger partial charge in [-0.25, -0.2) is 0 Å². The van der Waals surface area contributed by atoms with E-state index in [1.807, 2.05) is 41.9 Å². The van der Waals surface area contributed by atoms with E-state index in [2.05, 4.69) is 5.32 Å². The highest BCUT2D eigenvalue weighted by Crippen LogP contribution is 2.20. The maximum absolute atomic E-state index is 12.3. The van der Waals surface area contributed by atoms with Gasteiger partial charge in [0.2, 0.25) is 0 Å². The number of phenols is 1. The van der Waals surface area contributed by atoms with Crippen molar-refractivity contribution in [2.75, 3.05) is 5.32 Å². The van der Waals surface area contributed by atoms with Gasteiger partial charge >= 0.3 is 0 Å². The third kappa shape index (κ3) is 2.12. The molecule has 2 N–H and O–H groups in total. The minimum atomic E-state index is -0.200. The van der Waals surface area contributed by atoms with E-state index in [1.165, 1.54) is 6.07 Å². The summed E-state index contributed by atoms with van der Waals surface area (Å²) in [5.74, 6) is -0.0749. The molecule has 3 rings (SSSR count). The van der Waals surface area contributed by atoms with Crippen LogP contribution in [-0.4, -0.2) is 15.6 Å². The highest BCUT2D eigenvalue weighted by molar-refractivity contribution is 6.06. The predicted molar refractivity (Wildman–Crippen MR) is 79.0 cm³/mol. The van der Waals surface area contributed by atoms with Gasteiger partial charge in [-0.15, -0.1) is 0 Å². The normalized spacial score (nSPS) is 10.7. The van der Waals surface area contributed by atoms with Gasteiger partial charge in [0.05, 0.1) is 0 Å². The smallest absolute Gasteiger partial charge is 0.272 e. The number of carbonyl (C=O) groups is 1. The summed E-state index contributed by atoms with van der Waals surface area (Å²) >= 11 is 0. The minimum absolute atomic E-state index is 0.125. The summed E-state index contributed by atoms with van der Waals surface area (Å²) in [5.41, 5.74) is 2.16. The molecule has 0 unspecified atom stereocenters. The molecule has 0 atom stereocenters. The van der Waals surface area contributed by atoms with Gasteiger partial charge in [-0.3, -0.25) is 4.79 Å². The Morgan fingerprint density at radius 1 is 1.10 bits per heavy atom. The summed E-state index contributed by atoms with van der Waals surface area (Å²) in [6.07, 6.45) is 0. The molecule has 100 valence electrons. The van der Waals surface area contributed by atoms with Crippen LogP contribution in [0.25, 0.3) is 10.9 Å². The lowest BCUT2D eigenvalue weighted by Crippen LogP contribution is -2.15. The molecule has 4 heteroatoms. The first kappa shape index (κ1) is 12.3. The fourth-order valence-corrected chi connectivity index (χ4v) is 2.29. The van der Waals surface area contributed by atoms with Crippen LogP contribution in [0.3, 0.4) is 0 Å². The van der Waals surface area contributed by atoms with E-state index < -0.39 is 0 Å². The van der Waals surface area contributed by atoms with Gasteiger partial charge in [-0.1, -0.05) is 24.3 Å². The Morgan fingerprint density at radius 3 is 2.65 bits per heavy atom. The molecular formula is C16H14N2O2. The molecule has 0 aliphatic carbocycles. The number of hydrogen-bond acceptors (Lipinski definition) is 2. The van der Waals surface area contributed by atoms with E-state index >= 15 is 0 Å². The number of nitrogens with one attached hydrogen (secondary N) is 1. The zero-order valence-electron chi connectivity index (χ0n) is 11.0. The van der Waals surface area contributed by atoms with Gasteiger partial charge in [0, 0.05) is 29.7 Å². The van der Waals surface area contributed by atoms with Crippen molar-refractivity contribution in [1.29, 1.82) is 0 Å². The van der Waals surface area contributed by atoms with Gasteiger partial charge in [-0.2, -0.15) is 0 Å². The fraction of sp³-hybridized carbons (Fsp3) is 0.0625. The van der Waals surface area contributed by atoms with Crippen molar-refractivity contribution < 1.29 is 9.90 Å². The number of aromatic nitrogens is 1. The van der Waals surface area contributed by atoms with Crippen LogP contribution in [0.4, 0.5) is 5.69 Å². The lowest BCUT2D eigenvalue weighted by atomic mass is 10.2. The molecule has 1 amide bonds. The van der Waals surface area contributed by atoms with Crippen LogP contribution in [0.1, 0.15) is 10.5 Å². The molecule has 3 aromatic rings. The third-order valence-corrected chi connectivity index (χ3v) is 3.29. The zero-order chi connectivity index (χ0) is 14.1. The van der Waals surface area contributed by atoms with Crippen molar-refractivity contribution in [3.8, 4) is 5.75 Å². The van der Waals surface area contributed by atoms with Crippen LogP contribution >= 0.6 is 0 Å². The van der Waals surface area contributed by atoms with Crippen LogP contribution in [-0.2, 0) is 7.05 Å². The molecule has 0 spiro atoms. The number of anilines is 1. The molecule has 1 heterocycles. The van der Waals surface area contributed by atoms with Crippen LogP contribution in [0.5, 0.6) is 5.75 Å². The number of phenolic OH excluding ortho intramolecular Hbond substituents is 1. The van der Waals surface area contributed by atoms with E-state index in [1.54, 1.807) is 18.2 Å². The standard InChI is InChI=1S/C16H14N2O2/c1-18-14-8-3-2-5-11(14)9-15(18)16(20)17-12-6-4-7-13(19)10-12/h2-10,19H,1H3,(H,17,20). The Bertz CT molecular complexity index is 790. The second-order valence-corrected chi connectivity index (χ2v) is 4.65. The van der Waals surface area contributed by atoms with E-state index in [4.69, 9.17) is 0 Å². The summed E-state index contributed by atoms with van der Waals surface area (Å²) in [5, 5.41) is 13.2. The molecule has 20 heavy (non-hydrogen) atoms.